The molecule has 2 rings (SSSR count). The van der Waals surface area contributed by atoms with Crippen molar-refractivity contribution < 1.29 is 27.8 Å². The summed E-state index contributed by atoms with van der Waals surface area (Å²) in [6.07, 6.45) is -4.44. The Morgan fingerprint density at radius 1 is 1.10 bits per heavy atom. The SMILES string of the molecule is Nc1ccc(C(=O)O)c(Oc2ccc(C(F)(F)F)cc2)c1. The van der Waals surface area contributed by atoms with E-state index in [1.54, 1.807) is 0 Å². The molecule has 0 unspecified atom stereocenters. The Kier molecular flexibility index (Phi) is 3.75. The molecule has 0 aliphatic rings. The van der Waals surface area contributed by atoms with Gasteiger partial charge in [0.15, 0.2) is 0 Å². The summed E-state index contributed by atoms with van der Waals surface area (Å²) in [5, 5.41) is 9.02. The zero-order valence-electron chi connectivity index (χ0n) is 10.5. The highest BCUT2D eigenvalue weighted by atomic mass is 19.4. The van der Waals surface area contributed by atoms with Gasteiger partial charge in [0.25, 0.3) is 0 Å². The van der Waals surface area contributed by atoms with Crippen LogP contribution in [0.15, 0.2) is 42.5 Å². The number of carbonyl (C=O) groups is 1. The highest BCUT2D eigenvalue weighted by molar-refractivity contribution is 5.91. The van der Waals surface area contributed by atoms with Gasteiger partial charge < -0.3 is 15.6 Å². The van der Waals surface area contributed by atoms with Crippen LogP contribution in [0.25, 0.3) is 0 Å². The van der Waals surface area contributed by atoms with Gasteiger partial charge in [0.1, 0.15) is 17.1 Å². The topological polar surface area (TPSA) is 72.6 Å². The van der Waals surface area contributed by atoms with E-state index in [1.807, 2.05) is 0 Å². The molecule has 110 valence electrons. The maximum atomic E-state index is 12.4. The van der Waals surface area contributed by atoms with Gasteiger partial charge in [-0.2, -0.15) is 13.2 Å². The molecule has 4 nitrogen and oxygen atoms in total. The molecule has 0 bridgehead atoms. The number of benzene rings is 2. The van der Waals surface area contributed by atoms with Crippen molar-refractivity contribution in [3.05, 3.63) is 53.6 Å². The van der Waals surface area contributed by atoms with Gasteiger partial charge in [-0.1, -0.05) is 0 Å². The minimum Gasteiger partial charge on any atom is -0.478 e. The van der Waals surface area contributed by atoms with Crippen molar-refractivity contribution in [2.45, 2.75) is 6.18 Å². The average Bonchev–Trinajstić information content (AvgIpc) is 2.38. The maximum Gasteiger partial charge on any atom is 0.416 e. The fourth-order valence-corrected chi connectivity index (χ4v) is 1.64. The summed E-state index contributed by atoms with van der Waals surface area (Å²) in [5.41, 5.74) is 4.87. The highest BCUT2D eigenvalue weighted by Gasteiger charge is 2.30. The number of carboxylic acid groups (broad SMARTS) is 1. The predicted molar refractivity (Wildman–Crippen MR) is 69.3 cm³/mol. The van der Waals surface area contributed by atoms with E-state index < -0.39 is 17.7 Å². The first-order valence-corrected chi connectivity index (χ1v) is 5.75. The Labute approximate surface area is 117 Å². The molecule has 7 heteroatoms. The monoisotopic (exact) mass is 297 g/mol. The largest absolute Gasteiger partial charge is 0.478 e. The molecule has 0 saturated heterocycles. The van der Waals surface area contributed by atoms with E-state index in [9.17, 15) is 18.0 Å². The van der Waals surface area contributed by atoms with Crippen LogP contribution in [0.1, 0.15) is 15.9 Å². The van der Waals surface area contributed by atoms with Crippen molar-refractivity contribution in [3.63, 3.8) is 0 Å². The molecule has 0 heterocycles. The van der Waals surface area contributed by atoms with Crippen LogP contribution in [0.4, 0.5) is 18.9 Å². The molecule has 0 amide bonds. The molecule has 2 aromatic carbocycles. The highest BCUT2D eigenvalue weighted by Crippen LogP contribution is 2.32. The van der Waals surface area contributed by atoms with Gasteiger partial charge in [-0.15, -0.1) is 0 Å². The molecule has 0 saturated carbocycles. The fraction of sp³-hybridized carbons (Fsp3) is 0.0714. The number of hydrogen-bond donors (Lipinski definition) is 2. The van der Waals surface area contributed by atoms with Crippen molar-refractivity contribution in [3.8, 4) is 11.5 Å². The molecule has 21 heavy (non-hydrogen) atoms. The zero-order valence-corrected chi connectivity index (χ0v) is 10.5. The normalized spacial score (nSPS) is 11.2. The molecule has 0 radical (unpaired) electrons. The van der Waals surface area contributed by atoms with E-state index in [1.165, 1.54) is 18.2 Å². The lowest BCUT2D eigenvalue weighted by molar-refractivity contribution is -0.137. The molecule has 0 aliphatic heterocycles. The van der Waals surface area contributed by atoms with Crippen molar-refractivity contribution in [1.82, 2.24) is 0 Å². The first-order valence-electron chi connectivity index (χ1n) is 5.75. The van der Waals surface area contributed by atoms with Gasteiger partial charge in [-0.3, -0.25) is 0 Å². The Bertz CT molecular complexity index is 666. The van der Waals surface area contributed by atoms with Crippen molar-refractivity contribution in [2.75, 3.05) is 5.73 Å². The summed E-state index contributed by atoms with van der Waals surface area (Å²) in [5.74, 6) is -1.18. The van der Waals surface area contributed by atoms with Gasteiger partial charge in [-0.05, 0) is 36.4 Å². The summed E-state index contributed by atoms with van der Waals surface area (Å²) in [7, 11) is 0. The second-order valence-corrected chi connectivity index (χ2v) is 4.18. The van der Waals surface area contributed by atoms with E-state index >= 15 is 0 Å². The standard InChI is InChI=1S/C14H10F3NO3/c15-14(16,17)8-1-4-10(5-2-8)21-12-7-9(18)3-6-11(12)13(19)20/h1-7H,18H2,(H,19,20). The lowest BCUT2D eigenvalue weighted by Gasteiger charge is -2.11. The summed E-state index contributed by atoms with van der Waals surface area (Å²) >= 11 is 0. The molecule has 0 aliphatic carbocycles. The van der Waals surface area contributed by atoms with Crippen LogP contribution in [0.5, 0.6) is 11.5 Å². The van der Waals surface area contributed by atoms with Gasteiger partial charge in [-0.25, -0.2) is 4.79 Å². The maximum absolute atomic E-state index is 12.4. The number of hydrogen-bond acceptors (Lipinski definition) is 3. The number of alkyl halides is 3. The number of aromatic carboxylic acids is 1. The Morgan fingerprint density at radius 3 is 2.24 bits per heavy atom. The van der Waals surface area contributed by atoms with Crippen LogP contribution in [-0.4, -0.2) is 11.1 Å². The zero-order chi connectivity index (χ0) is 15.6. The van der Waals surface area contributed by atoms with Crippen LogP contribution in [0, 0.1) is 0 Å². The van der Waals surface area contributed by atoms with Crippen LogP contribution >= 0.6 is 0 Å². The number of rotatable bonds is 3. The number of nitrogen functional groups attached to an aromatic ring is 1. The van der Waals surface area contributed by atoms with Gasteiger partial charge in [0, 0.05) is 11.8 Å². The molecule has 3 N–H and O–H groups in total. The third-order valence-corrected chi connectivity index (χ3v) is 2.65. The summed E-state index contributed by atoms with van der Waals surface area (Å²) < 4.78 is 42.6. The molecular formula is C14H10F3NO3. The first kappa shape index (κ1) is 14.7. The minimum atomic E-state index is -4.44. The number of ether oxygens (including phenoxy) is 1. The molecule has 0 spiro atoms. The summed E-state index contributed by atoms with van der Waals surface area (Å²) in [6, 6.07) is 7.86. The second kappa shape index (κ2) is 5.35. The van der Waals surface area contributed by atoms with E-state index in [0.717, 1.165) is 24.3 Å². The molecule has 0 aromatic heterocycles. The van der Waals surface area contributed by atoms with Gasteiger partial charge >= 0.3 is 12.1 Å². The summed E-state index contributed by atoms with van der Waals surface area (Å²) in [4.78, 5) is 11.0. The van der Waals surface area contributed by atoms with Crippen molar-refractivity contribution in [2.24, 2.45) is 0 Å². The quantitative estimate of drug-likeness (QED) is 0.846. The average molecular weight is 297 g/mol. The molecular weight excluding hydrogens is 287 g/mol. The third-order valence-electron chi connectivity index (χ3n) is 2.65. The van der Waals surface area contributed by atoms with Crippen LogP contribution in [0.3, 0.4) is 0 Å². The smallest absolute Gasteiger partial charge is 0.416 e. The Balaban J connectivity index is 2.30. The summed E-state index contributed by atoms with van der Waals surface area (Å²) in [6.45, 7) is 0. The van der Waals surface area contributed by atoms with E-state index in [2.05, 4.69) is 0 Å². The third kappa shape index (κ3) is 3.44. The first-order chi connectivity index (χ1) is 9.77. The van der Waals surface area contributed by atoms with Crippen molar-refractivity contribution in [1.29, 1.82) is 0 Å². The number of halogens is 3. The Hall–Kier alpha value is -2.70. The van der Waals surface area contributed by atoms with E-state index in [0.29, 0.717) is 0 Å². The molecule has 0 fully saturated rings. The van der Waals surface area contributed by atoms with Crippen LogP contribution in [-0.2, 0) is 6.18 Å². The molecule has 2 aromatic rings. The van der Waals surface area contributed by atoms with Crippen molar-refractivity contribution >= 4 is 11.7 Å². The lowest BCUT2D eigenvalue weighted by Crippen LogP contribution is -2.04. The van der Waals surface area contributed by atoms with E-state index in [4.69, 9.17) is 15.6 Å². The number of anilines is 1. The predicted octanol–water partition coefficient (Wildman–Crippen LogP) is 3.78. The van der Waals surface area contributed by atoms with Crippen LogP contribution in [0.2, 0.25) is 0 Å². The Morgan fingerprint density at radius 2 is 1.71 bits per heavy atom. The van der Waals surface area contributed by atoms with Gasteiger partial charge in [0.2, 0.25) is 0 Å². The minimum absolute atomic E-state index is 0.0396. The molecule has 0 atom stereocenters. The number of nitrogens with two attached hydrogens (primary N) is 1. The lowest BCUT2D eigenvalue weighted by atomic mass is 10.1. The van der Waals surface area contributed by atoms with E-state index in [-0.39, 0.29) is 22.7 Å². The number of carboxylic acids is 1. The van der Waals surface area contributed by atoms with Gasteiger partial charge in [0.05, 0.1) is 5.56 Å². The second-order valence-electron chi connectivity index (χ2n) is 4.18. The fourth-order valence-electron chi connectivity index (χ4n) is 1.64. The van der Waals surface area contributed by atoms with Crippen LogP contribution < -0.4 is 10.5 Å².